The topological polar surface area (TPSA) is 102 Å². The number of hydrogen-bond acceptors (Lipinski definition) is 6. The number of nitrogens with two attached hydrogens (primary N) is 1. The van der Waals surface area contributed by atoms with Gasteiger partial charge in [-0.1, -0.05) is 34.1 Å². The van der Waals surface area contributed by atoms with E-state index in [2.05, 4.69) is 32.6 Å². The lowest BCUT2D eigenvalue weighted by molar-refractivity contribution is -0.145. The molecule has 1 unspecified atom stereocenters. The molecule has 8 heteroatoms. The van der Waals surface area contributed by atoms with Gasteiger partial charge < -0.3 is 25.2 Å². The molecule has 0 saturated heterocycles. The number of fused-ring (bicyclic) bond motifs is 1. The third-order valence-electron chi connectivity index (χ3n) is 4.48. The van der Waals surface area contributed by atoms with Gasteiger partial charge in [0.2, 0.25) is 0 Å². The van der Waals surface area contributed by atoms with E-state index in [1.165, 1.54) is 0 Å². The molecule has 0 aromatic carbocycles. The first-order valence-electron chi connectivity index (χ1n) is 9.78. The molecule has 0 bridgehead atoms. The van der Waals surface area contributed by atoms with Crippen LogP contribution in [0, 0.1) is 5.41 Å². The minimum absolute atomic E-state index is 0. The molecule has 0 spiro atoms. The van der Waals surface area contributed by atoms with Crippen LogP contribution in [0.5, 0.6) is 0 Å². The second-order valence-electron chi connectivity index (χ2n) is 8.37. The van der Waals surface area contributed by atoms with E-state index in [4.69, 9.17) is 20.3 Å². The molecule has 2 rings (SSSR count). The van der Waals surface area contributed by atoms with Crippen molar-refractivity contribution in [1.82, 2.24) is 4.90 Å². The number of unbranched alkanes of at least 4 members (excludes halogenated alkanes) is 1. The van der Waals surface area contributed by atoms with Gasteiger partial charge in [0.1, 0.15) is 18.5 Å². The quantitative estimate of drug-likeness (QED) is 0.544. The molecule has 2 aliphatic rings. The SMILES string of the molecule is CCCCOC1=C(CN)N(CC(C)(C)C)C=C2CC(=O)C(OCC(=O)O)C=C21.Cl. The predicted molar refractivity (Wildman–Crippen MR) is 114 cm³/mol. The van der Waals surface area contributed by atoms with Crippen LogP contribution in [0.2, 0.25) is 0 Å². The van der Waals surface area contributed by atoms with Crippen LogP contribution in [0.1, 0.15) is 47.0 Å². The maximum Gasteiger partial charge on any atom is 0.329 e. The third-order valence-corrected chi connectivity index (χ3v) is 4.48. The van der Waals surface area contributed by atoms with Gasteiger partial charge in [-0.15, -0.1) is 12.4 Å². The second-order valence-corrected chi connectivity index (χ2v) is 8.37. The maximum atomic E-state index is 12.5. The monoisotopic (exact) mass is 428 g/mol. The Labute approximate surface area is 179 Å². The van der Waals surface area contributed by atoms with Crippen LogP contribution in [0.3, 0.4) is 0 Å². The maximum absolute atomic E-state index is 12.5. The second kappa shape index (κ2) is 10.8. The summed E-state index contributed by atoms with van der Waals surface area (Å²) in [5.74, 6) is -0.588. The molecular weight excluding hydrogens is 396 g/mol. The normalized spacial score (nSPS) is 19.3. The van der Waals surface area contributed by atoms with Gasteiger partial charge in [0.25, 0.3) is 0 Å². The van der Waals surface area contributed by atoms with Gasteiger partial charge in [-0.2, -0.15) is 0 Å². The zero-order valence-corrected chi connectivity index (χ0v) is 18.5. The molecule has 0 aromatic rings. The van der Waals surface area contributed by atoms with E-state index in [1.807, 2.05) is 6.20 Å². The van der Waals surface area contributed by atoms with Crippen molar-refractivity contribution < 1.29 is 24.2 Å². The van der Waals surface area contributed by atoms with E-state index < -0.39 is 18.7 Å². The molecule has 164 valence electrons. The van der Waals surface area contributed by atoms with Crippen LogP contribution >= 0.6 is 12.4 Å². The fourth-order valence-electron chi connectivity index (χ4n) is 3.27. The summed E-state index contributed by atoms with van der Waals surface area (Å²) < 4.78 is 11.4. The molecule has 7 nitrogen and oxygen atoms in total. The number of halogens is 1. The van der Waals surface area contributed by atoms with Crippen molar-refractivity contribution in [3.63, 3.8) is 0 Å². The van der Waals surface area contributed by atoms with Crippen molar-refractivity contribution in [3.05, 3.63) is 34.9 Å². The van der Waals surface area contributed by atoms with Crippen molar-refractivity contribution in [3.8, 4) is 0 Å². The zero-order valence-electron chi connectivity index (χ0n) is 17.7. The first-order valence-corrected chi connectivity index (χ1v) is 9.78. The van der Waals surface area contributed by atoms with Gasteiger partial charge in [-0.25, -0.2) is 4.79 Å². The van der Waals surface area contributed by atoms with Crippen LogP contribution in [0.25, 0.3) is 0 Å². The number of aliphatic carboxylic acids is 1. The van der Waals surface area contributed by atoms with Gasteiger partial charge >= 0.3 is 5.97 Å². The van der Waals surface area contributed by atoms with E-state index in [0.717, 1.165) is 36.2 Å². The van der Waals surface area contributed by atoms with E-state index in [1.54, 1.807) is 6.08 Å². The number of nitrogens with zero attached hydrogens (tertiary/aromatic N) is 1. The largest absolute Gasteiger partial charge is 0.491 e. The molecule has 0 aromatic heterocycles. The Bertz CT molecular complexity index is 706. The van der Waals surface area contributed by atoms with E-state index >= 15 is 0 Å². The molecule has 0 fully saturated rings. The number of Topliss-reactive ketones (excluding diaryl/α,β-unsaturated/α-hetero) is 1. The number of ether oxygens (including phenoxy) is 2. The van der Waals surface area contributed by atoms with Gasteiger partial charge in [0.05, 0.1) is 12.3 Å². The number of hydrogen-bond donors (Lipinski definition) is 2. The fraction of sp³-hybridized carbons (Fsp3) is 0.619. The zero-order chi connectivity index (χ0) is 20.9. The smallest absolute Gasteiger partial charge is 0.329 e. The Hall–Kier alpha value is -1.83. The number of ketones is 1. The molecule has 0 saturated carbocycles. The number of rotatable bonds is 9. The van der Waals surface area contributed by atoms with Crippen LogP contribution < -0.4 is 5.73 Å². The summed E-state index contributed by atoms with van der Waals surface area (Å²) in [7, 11) is 0. The Morgan fingerprint density at radius 2 is 2.07 bits per heavy atom. The lowest BCUT2D eigenvalue weighted by Gasteiger charge is -2.38. The minimum atomic E-state index is -1.11. The first-order chi connectivity index (χ1) is 13.2. The highest BCUT2D eigenvalue weighted by Crippen LogP contribution is 2.37. The third kappa shape index (κ3) is 6.87. The van der Waals surface area contributed by atoms with Crippen molar-refractivity contribution >= 4 is 24.2 Å². The average molecular weight is 429 g/mol. The van der Waals surface area contributed by atoms with Crippen LogP contribution in [0.15, 0.2) is 34.9 Å². The summed E-state index contributed by atoms with van der Waals surface area (Å²) in [6.45, 7) is 9.59. The molecule has 0 radical (unpaired) electrons. The molecule has 1 aliphatic heterocycles. The van der Waals surface area contributed by atoms with Crippen LogP contribution in [0.4, 0.5) is 0 Å². The van der Waals surface area contributed by atoms with Gasteiger partial charge in [0, 0.05) is 31.3 Å². The first kappa shape index (κ1) is 25.2. The summed E-state index contributed by atoms with van der Waals surface area (Å²) in [5, 5.41) is 8.86. The number of carboxylic acids is 1. The van der Waals surface area contributed by atoms with Crippen molar-refractivity contribution in [1.29, 1.82) is 0 Å². The molecule has 1 atom stereocenters. The van der Waals surface area contributed by atoms with Gasteiger partial charge in [-0.3, -0.25) is 4.79 Å². The highest BCUT2D eigenvalue weighted by molar-refractivity contribution is 5.91. The highest BCUT2D eigenvalue weighted by atomic mass is 35.5. The van der Waals surface area contributed by atoms with E-state index in [-0.39, 0.29) is 30.0 Å². The predicted octanol–water partition coefficient (Wildman–Crippen LogP) is 3.01. The van der Waals surface area contributed by atoms with Gasteiger partial charge in [-0.05, 0) is 23.5 Å². The Kier molecular flexibility index (Phi) is 9.39. The number of carbonyl (C=O) groups excluding carboxylic acids is 1. The summed E-state index contributed by atoms with van der Waals surface area (Å²) in [4.78, 5) is 25.4. The number of carboxylic acid groups (broad SMARTS) is 1. The molecule has 1 heterocycles. The summed E-state index contributed by atoms with van der Waals surface area (Å²) in [5.41, 5.74) is 8.62. The molecule has 29 heavy (non-hydrogen) atoms. The lowest BCUT2D eigenvalue weighted by Crippen LogP contribution is -2.37. The van der Waals surface area contributed by atoms with Crippen molar-refractivity contribution in [2.24, 2.45) is 11.1 Å². The van der Waals surface area contributed by atoms with Crippen molar-refractivity contribution in [2.75, 3.05) is 26.3 Å². The van der Waals surface area contributed by atoms with Crippen LogP contribution in [-0.2, 0) is 19.1 Å². The number of carbonyl (C=O) groups is 2. The summed E-state index contributed by atoms with van der Waals surface area (Å²) in [6.07, 6.45) is 4.84. The van der Waals surface area contributed by atoms with Crippen molar-refractivity contribution in [2.45, 2.75) is 53.1 Å². The lowest BCUT2D eigenvalue weighted by atomic mass is 9.86. The molecule has 1 aliphatic carbocycles. The standard InChI is InChI=1S/C21H32N2O5.ClH/c1-5-6-7-27-20-15-9-18(28-12-19(25)26)17(24)8-14(15)11-23(16(20)10-22)13-21(2,3)4;/h9,11,18H,5-8,10,12-13,22H2,1-4H3,(H,25,26);1H. The van der Waals surface area contributed by atoms with E-state index in [9.17, 15) is 9.59 Å². The van der Waals surface area contributed by atoms with E-state index in [0.29, 0.717) is 18.9 Å². The summed E-state index contributed by atoms with van der Waals surface area (Å²) in [6, 6.07) is 0. The molecule has 0 amide bonds. The Morgan fingerprint density at radius 3 is 2.62 bits per heavy atom. The highest BCUT2D eigenvalue weighted by Gasteiger charge is 2.34. The average Bonchev–Trinajstić information content (AvgIpc) is 2.58. The number of allylic oxidation sites excluding steroid dienone is 1. The molecular formula is C21H33ClN2O5. The molecule has 3 N–H and O–H groups in total. The van der Waals surface area contributed by atoms with Crippen LogP contribution in [-0.4, -0.2) is 54.2 Å². The fourth-order valence-corrected chi connectivity index (χ4v) is 3.27. The van der Waals surface area contributed by atoms with Gasteiger partial charge in [0.15, 0.2) is 5.78 Å². The Morgan fingerprint density at radius 1 is 1.38 bits per heavy atom. The Balaban J connectivity index is 0.00000420. The minimum Gasteiger partial charge on any atom is -0.491 e. The summed E-state index contributed by atoms with van der Waals surface area (Å²) >= 11 is 0.